The van der Waals surface area contributed by atoms with Gasteiger partial charge in [0.15, 0.2) is 0 Å². The highest BCUT2D eigenvalue weighted by atomic mass is 16.2. The Labute approximate surface area is 134 Å². The molecule has 1 aromatic carbocycles. The van der Waals surface area contributed by atoms with Gasteiger partial charge in [-0.15, -0.1) is 0 Å². The standard InChI is InChI=1S/C17H18N4O2/c18-16(22)13-5-1-2-6-14(13)20-17(23)12-7-8-15(19-11-12)21-9-3-4-10-21/h1-2,5-8,11H,3-4,9-10H2,(H2,18,22)(H,20,23). The fourth-order valence-corrected chi connectivity index (χ4v) is 2.66. The van der Waals surface area contributed by atoms with E-state index in [-0.39, 0.29) is 11.5 Å². The number of carbonyl (C=O) groups excluding carboxylic acids is 2. The van der Waals surface area contributed by atoms with Gasteiger partial charge in [0, 0.05) is 19.3 Å². The molecule has 6 heteroatoms. The van der Waals surface area contributed by atoms with Gasteiger partial charge in [0.05, 0.1) is 16.8 Å². The van der Waals surface area contributed by atoms with Crippen LogP contribution in [0.3, 0.4) is 0 Å². The van der Waals surface area contributed by atoms with Crippen molar-refractivity contribution in [2.45, 2.75) is 12.8 Å². The van der Waals surface area contributed by atoms with Gasteiger partial charge in [-0.1, -0.05) is 12.1 Å². The zero-order valence-corrected chi connectivity index (χ0v) is 12.7. The Morgan fingerprint density at radius 2 is 1.83 bits per heavy atom. The Kier molecular flexibility index (Phi) is 4.23. The Morgan fingerprint density at radius 3 is 2.48 bits per heavy atom. The van der Waals surface area contributed by atoms with Gasteiger partial charge in [-0.2, -0.15) is 0 Å². The number of para-hydroxylation sites is 1. The molecule has 1 aliphatic heterocycles. The smallest absolute Gasteiger partial charge is 0.257 e. The average molecular weight is 310 g/mol. The maximum absolute atomic E-state index is 12.3. The number of pyridine rings is 1. The molecule has 2 heterocycles. The molecular formula is C17H18N4O2. The number of nitrogens with one attached hydrogen (secondary N) is 1. The number of rotatable bonds is 4. The van der Waals surface area contributed by atoms with Crippen LogP contribution in [0.5, 0.6) is 0 Å². The Morgan fingerprint density at radius 1 is 1.09 bits per heavy atom. The van der Waals surface area contributed by atoms with Gasteiger partial charge in [-0.25, -0.2) is 4.98 Å². The number of amides is 2. The number of aromatic nitrogens is 1. The molecule has 2 amide bonds. The Hall–Kier alpha value is -2.89. The van der Waals surface area contributed by atoms with Crippen molar-refractivity contribution < 1.29 is 9.59 Å². The third kappa shape index (κ3) is 3.31. The van der Waals surface area contributed by atoms with Gasteiger partial charge >= 0.3 is 0 Å². The first kappa shape index (κ1) is 15.0. The molecule has 0 unspecified atom stereocenters. The van der Waals surface area contributed by atoms with E-state index in [2.05, 4.69) is 15.2 Å². The van der Waals surface area contributed by atoms with Crippen molar-refractivity contribution in [1.82, 2.24) is 4.98 Å². The van der Waals surface area contributed by atoms with Crippen LogP contribution in [0.2, 0.25) is 0 Å². The van der Waals surface area contributed by atoms with Gasteiger partial charge in [0.25, 0.3) is 11.8 Å². The number of hydrogen-bond donors (Lipinski definition) is 2. The molecule has 1 aromatic heterocycles. The summed E-state index contributed by atoms with van der Waals surface area (Å²) in [4.78, 5) is 30.2. The first-order valence-corrected chi connectivity index (χ1v) is 7.56. The number of benzene rings is 1. The molecule has 0 bridgehead atoms. The maximum Gasteiger partial charge on any atom is 0.257 e. The quantitative estimate of drug-likeness (QED) is 0.904. The number of primary amides is 1. The lowest BCUT2D eigenvalue weighted by molar-refractivity contribution is 0.100. The average Bonchev–Trinajstić information content (AvgIpc) is 3.10. The Bertz CT molecular complexity index is 722. The third-order valence-corrected chi connectivity index (χ3v) is 3.88. The molecule has 118 valence electrons. The lowest BCUT2D eigenvalue weighted by atomic mass is 10.1. The van der Waals surface area contributed by atoms with Gasteiger partial charge in [0.1, 0.15) is 5.82 Å². The first-order chi connectivity index (χ1) is 11.1. The number of nitrogens with zero attached hydrogens (tertiary/aromatic N) is 2. The summed E-state index contributed by atoms with van der Waals surface area (Å²) in [6, 6.07) is 10.2. The second-order valence-electron chi connectivity index (χ2n) is 5.46. The fraction of sp³-hybridized carbons (Fsp3) is 0.235. The molecule has 6 nitrogen and oxygen atoms in total. The normalized spacial score (nSPS) is 13.8. The first-order valence-electron chi connectivity index (χ1n) is 7.56. The minimum atomic E-state index is -0.580. The molecule has 1 saturated heterocycles. The van der Waals surface area contributed by atoms with E-state index in [1.54, 1.807) is 36.5 Å². The van der Waals surface area contributed by atoms with Crippen molar-refractivity contribution in [3.8, 4) is 0 Å². The molecule has 3 N–H and O–H groups in total. The summed E-state index contributed by atoms with van der Waals surface area (Å²) in [6.45, 7) is 2.01. The van der Waals surface area contributed by atoms with E-state index in [1.807, 2.05) is 6.07 Å². The summed E-state index contributed by atoms with van der Waals surface area (Å²) in [7, 11) is 0. The van der Waals surface area contributed by atoms with Gasteiger partial charge in [0.2, 0.25) is 0 Å². The second kappa shape index (κ2) is 6.48. The number of anilines is 2. The lowest BCUT2D eigenvalue weighted by Gasteiger charge is -2.16. The predicted octanol–water partition coefficient (Wildman–Crippen LogP) is 2.03. The van der Waals surface area contributed by atoms with Crippen LogP contribution in [0, 0.1) is 0 Å². The minimum Gasteiger partial charge on any atom is -0.366 e. The van der Waals surface area contributed by atoms with E-state index in [9.17, 15) is 9.59 Å². The highest BCUT2D eigenvalue weighted by Gasteiger charge is 2.15. The van der Waals surface area contributed by atoms with Crippen molar-refractivity contribution in [2.75, 3.05) is 23.3 Å². The van der Waals surface area contributed by atoms with Crippen LogP contribution in [0.1, 0.15) is 33.6 Å². The van der Waals surface area contributed by atoms with Crippen LogP contribution in [0.4, 0.5) is 11.5 Å². The zero-order valence-electron chi connectivity index (χ0n) is 12.7. The molecule has 0 spiro atoms. The third-order valence-electron chi connectivity index (χ3n) is 3.88. The van der Waals surface area contributed by atoms with E-state index in [1.165, 1.54) is 12.8 Å². The second-order valence-corrected chi connectivity index (χ2v) is 5.46. The molecule has 2 aromatic rings. The molecule has 0 aliphatic carbocycles. The van der Waals surface area contributed by atoms with E-state index in [4.69, 9.17) is 5.73 Å². The van der Waals surface area contributed by atoms with E-state index >= 15 is 0 Å². The summed E-state index contributed by atoms with van der Waals surface area (Å²) in [5, 5.41) is 2.70. The monoisotopic (exact) mass is 310 g/mol. The van der Waals surface area contributed by atoms with Gasteiger partial charge in [-0.05, 0) is 37.1 Å². The van der Waals surface area contributed by atoms with Crippen LogP contribution >= 0.6 is 0 Å². The lowest BCUT2D eigenvalue weighted by Crippen LogP contribution is -2.20. The van der Waals surface area contributed by atoms with Gasteiger partial charge < -0.3 is 16.0 Å². The summed E-state index contributed by atoms with van der Waals surface area (Å²) in [5.74, 6) is -0.0147. The SMILES string of the molecule is NC(=O)c1ccccc1NC(=O)c1ccc(N2CCCC2)nc1. The molecule has 3 rings (SSSR count). The highest BCUT2D eigenvalue weighted by Crippen LogP contribution is 2.19. The van der Waals surface area contributed by atoms with Crippen molar-refractivity contribution in [3.63, 3.8) is 0 Å². The summed E-state index contributed by atoms with van der Waals surface area (Å²) in [5.41, 5.74) is 6.42. The van der Waals surface area contributed by atoms with Crippen molar-refractivity contribution >= 4 is 23.3 Å². The van der Waals surface area contributed by atoms with Crippen molar-refractivity contribution in [3.05, 3.63) is 53.7 Å². The van der Waals surface area contributed by atoms with Crippen LogP contribution in [-0.4, -0.2) is 29.9 Å². The molecule has 23 heavy (non-hydrogen) atoms. The molecule has 1 fully saturated rings. The van der Waals surface area contributed by atoms with Crippen LogP contribution in [0.15, 0.2) is 42.6 Å². The topological polar surface area (TPSA) is 88.3 Å². The van der Waals surface area contributed by atoms with E-state index < -0.39 is 5.91 Å². The fourth-order valence-electron chi connectivity index (χ4n) is 2.66. The van der Waals surface area contributed by atoms with Crippen molar-refractivity contribution in [2.24, 2.45) is 5.73 Å². The zero-order chi connectivity index (χ0) is 16.2. The molecule has 0 atom stereocenters. The largest absolute Gasteiger partial charge is 0.366 e. The van der Waals surface area contributed by atoms with Crippen LogP contribution < -0.4 is 16.0 Å². The number of hydrogen-bond acceptors (Lipinski definition) is 4. The van der Waals surface area contributed by atoms with Crippen LogP contribution in [0.25, 0.3) is 0 Å². The molecule has 1 aliphatic rings. The molecule has 0 radical (unpaired) electrons. The van der Waals surface area contributed by atoms with E-state index in [0.717, 1.165) is 18.9 Å². The summed E-state index contributed by atoms with van der Waals surface area (Å²) in [6.07, 6.45) is 3.90. The maximum atomic E-state index is 12.3. The Balaban J connectivity index is 1.74. The molecular weight excluding hydrogens is 292 g/mol. The minimum absolute atomic E-state index is 0.280. The van der Waals surface area contributed by atoms with Crippen molar-refractivity contribution in [1.29, 1.82) is 0 Å². The molecule has 0 saturated carbocycles. The highest BCUT2D eigenvalue weighted by molar-refractivity contribution is 6.08. The summed E-state index contributed by atoms with van der Waals surface area (Å²) >= 11 is 0. The number of carbonyl (C=O) groups is 2. The van der Waals surface area contributed by atoms with E-state index in [0.29, 0.717) is 11.3 Å². The predicted molar refractivity (Wildman–Crippen MR) is 88.6 cm³/mol. The van der Waals surface area contributed by atoms with Gasteiger partial charge in [-0.3, -0.25) is 9.59 Å². The number of nitrogens with two attached hydrogens (primary N) is 1. The van der Waals surface area contributed by atoms with Crippen LogP contribution in [-0.2, 0) is 0 Å². The summed E-state index contributed by atoms with van der Waals surface area (Å²) < 4.78 is 0.